The molecule has 1 fully saturated rings. The summed E-state index contributed by atoms with van der Waals surface area (Å²) in [6.07, 6.45) is 5.77. The minimum absolute atomic E-state index is 0.0124. The first kappa shape index (κ1) is 20.7. The number of rotatable bonds is 9. The van der Waals surface area contributed by atoms with Gasteiger partial charge in [-0.2, -0.15) is 0 Å². The Morgan fingerprint density at radius 3 is 2.14 bits per heavy atom. The van der Waals surface area contributed by atoms with Crippen LogP contribution in [0.5, 0.6) is 0 Å². The third-order valence-corrected chi connectivity index (χ3v) is 7.07. The standard InChI is InChI=1S/C20H28N2O5S/c1-2-3-14-28(24,25)22-10-8-17(9-11-22)20(23)21(15-18-6-4-12-26-18)16-19-7-5-13-27-19/h4-7,12-13,17H,2-3,8-11,14-16H2,1H3. The molecule has 154 valence electrons. The molecule has 3 rings (SSSR count). The average Bonchev–Trinajstić information content (AvgIpc) is 3.40. The maximum atomic E-state index is 13.2. The van der Waals surface area contributed by atoms with E-state index in [0.717, 1.165) is 6.42 Å². The van der Waals surface area contributed by atoms with Crippen LogP contribution < -0.4 is 0 Å². The lowest BCUT2D eigenvalue weighted by atomic mass is 9.96. The van der Waals surface area contributed by atoms with Gasteiger partial charge in [0, 0.05) is 19.0 Å². The number of hydrogen-bond acceptors (Lipinski definition) is 5. The van der Waals surface area contributed by atoms with E-state index in [1.165, 1.54) is 4.31 Å². The van der Waals surface area contributed by atoms with E-state index in [1.54, 1.807) is 29.6 Å². The second-order valence-electron chi connectivity index (χ2n) is 7.20. The van der Waals surface area contributed by atoms with E-state index >= 15 is 0 Å². The molecule has 1 aliphatic rings. The van der Waals surface area contributed by atoms with Crippen LogP contribution in [0.25, 0.3) is 0 Å². The number of amides is 1. The first-order valence-electron chi connectivity index (χ1n) is 9.81. The summed E-state index contributed by atoms with van der Waals surface area (Å²) in [6.45, 7) is 3.51. The fourth-order valence-corrected chi connectivity index (χ4v) is 5.17. The Hall–Kier alpha value is -2.06. The second-order valence-corrected chi connectivity index (χ2v) is 9.28. The number of carbonyl (C=O) groups is 1. The average molecular weight is 409 g/mol. The number of sulfonamides is 1. The second kappa shape index (κ2) is 9.43. The van der Waals surface area contributed by atoms with Crippen molar-refractivity contribution < 1.29 is 22.0 Å². The number of hydrogen-bond donors (Lipinski definition) is 0. The Balaban J connectivity index is 1.63. The maximum absolute atomic E-state index is 13.2. The van der Waals surface area contributed by atoms with Crippen molar-refractivity contribution in [1.29, 1.82) is 0 Å². The summed E-state index contributed by atoms with van der Waals surface area (Å²) in [6, 6.07) is 7.27. The first-order valence-corrected chi connectivity index (χ1v) is 11.4. The molecular formula is C20H28N2O5S. The number of piperidine rings is 1. The summed E-state index contributed by atoms with van der Waals surface area (Å²) in [5.41, 5.74) is 0. The molecule has 1 amide bonds. The van der Waals surface area contributed by atoms with Crippen LogP contribution in [0, 0.1) is 5.92 Å². The van der Waals surface area contributed by atoms with E-state index in [9.17, 15) is 13.2 Å². The highest BCUT2D eigenvalue weighted by molar-refractivity contribution is 7.89. The van der Waals surface area contributed by atoms with Crippen LogP contribution in [0.2, 0.25) is 0 Å². The van der Waals surface area contributed by atoms with Crippen LogP contribution in [-0.4, -0.2) is 42.4 Å². The molecule has 0 bridgehead atoms. The Morgan fingerprint density at radius 1 is 1.11 bits per heavy atom. The molecule has 1 saturated heterocycles. The zero-order valence-electron chi connectivity index (χ0n) is 16.2. The first-order chi connectivity index (χ1) is 13.5. The topological polar surface area (TPSA) is 84.0 Å². The SMILES string of the molecule is CCCCS(=O)(=O)N1CCC(C(=O)N(Cc2ccco2)Cc2ccco2)CC1. The van der Waals surface area contributed by atoms with Gasteiger partial charge in [-0.05, 0) is 43.5 Å². The molecule has 8 heteroatoms. The van der Waals surface area contributed by atoms with Gasteiger partial charge in [-0.1, -0.05) is 13.3 Å². The van der Waals surface area contributed by atoms with Crippen molar-refractivity contribution in [1.82, 2.24) is 9.21 Å². The monoisotopic (exact) mass is 408 g/mol. The van der Waals surface area contributed by atoms with Gasteiger partial charge >= 0.3 is 0 Å². The quantitative estimate of drug-likeness (QED) is 0.636. The van der Waals surface area contributed by atoms with Gasteiger partial charge < -0.3 is 13.7 Å². The molecule has 0 unspecified atom stereocenters. The van der Waals surface area contributed by atoms with E-state index in [2.05, 4.69) is 0 Å². The van der Waals surface area contributed by atoms with E-state index in [0.29, 0.717) is 57.0 Å². The molecule has 0 atom stereocenters. The minimum atomic E-state index is -3.22. The van der Waals surface area contributed by atoms with Crippen molar-refractivity contribution in [2.24, 2.45) is 5.92 Å². The van der Waals surface area contributed by atoms with Gasteiger partial charge in [0.25, 0.3) is 0 Å². The third-order valence-electron chi connectivity index (χ3n) is 5.12. The number of nitrogens with zero attached hydrogens (tertiary/aromatic N) is 2. The van der Waals surface area contributed by atoms with Crippen molar-refractivity contribution in [3.8, 4) is 0 Å². The highest BCUT2D eigenvalue weighted by Crippen LogP contribution is 2.24. The number of carbonyl (C=O) groups excluding carboxylic acids is 1. The van der Waals surface area contributed by atoms with Crippen LogP contribution in [-0.2, 0) is 27.9 Å². The molecule has 2 aromatic rings. The van der Waals surface area contributed by atoms with E-state index < -0.39 is 10.0 Å². The molecule has 28 heavy (non-hydrogen) atoms. The summed E-state index contributed by atoms with van der Waals surface area (Å²) < 4.78 is 37.1. The third kappa shape index (κ3) is 5.26. The van der Waals surface area contributed by atoms with Crippen LogP contribution in [0.1, 0.15) is 44.1 Å². The Labute approximate surface area is 166 Å². The number of furan rings is 2. The Morgan fingerprint density at radius 2 is 1.68 bits per heavy atom. The van der Waals surface area contributed by atoms with Crippen molar-refractivity contribution in [2.45, 2.75) is 45.7 Å². The molecule has 0 aliphatic carbocycles. The van der Waals surface area contributed by atoms with E-state index in [4.69, 9.17) is 8.83 Å². The normalized spacial score (nSPS) is 16.3. The molecule has 1 aliphatic heterocycles. The molecule has 0 spiro atoms. The van der Waals surface area contributed by atoms with Gasteiger partial charge in [-0.3, -0.25) is 4.79 Å². The van der Waals surface area contributed by atoms with Gasteiger partial charge in [0.1, 0.15) is 11.5 Å². The Kier molecular flexibility index (Phi) is 6.96. The highest BCUT2D eigenvalue weighted by atomic mass is 32.2. The van der Waals surface area contributed by atoms with Crippen molar-refractivity contribution in [3.63, 3.8) is 0 Å². The van der Waals surface area contributed by atoms with E-state index in [-0.39, 0.29) is 17.6 Å². The fourth-order valence-electron chi connectivity index (χ4n) is 3.49. The number of unbranched alkanes of at least 4 members (excludes halogenated alkanes) is 1. The minimum Gasteiger partial charge on any atom is -0.467 e. The van der Waals surface area contributed by atoms with Gasteiger partial charge in [-0.25, -0.2) is 12.7 Å². The van der Waals surface area contributed by atoms with Crippen molar-refractivity contribution in [2.75, 3.05) is 18.8 Å². The Bertz CT molecular complexity index is 786. The maximum Gasteiger partial charge on any atom is 0.226 e. The summed E-state index contributed by atoms with van der Waals surface area (Å²) in [5, 5.41) is 0. The summed E-state index contributed by atoms with van der Waals surface area (Å²) >= 11 is 0. The lowest BCUT2D eigenvalue weighted by Gasteiger charge is -2.33. The van der Waals surface area contributed by atoms with Gasteiger partial charge in [0.05, 0.1) is 31.4 Å². The van der Waals surface area contributed by atoms with Crippen LogP contribution >= 0.6 is 0 Å². The lowest BCUT2D eigenvalue weighted by Crippen LogP contribution is -2.44. The largest absolute Gasteiger partial charge is 0.467 e. The lowest BCUT2D eigenvalue weighted by molar-refractivity contribution is -0.138. The zero-order valence-corrected chi connectivity index (χ0v) is 17.1. The van der Waals surface area contributed by atoms with Crippen molar-refractivity contribution >= 4 is 15.9 Å². The molecule has 0 N–H and O–H groups in total. The summed E-state index contributed by atoms with van der Waals surface area (Å²) in [4.78, 5) is 14.9. The summed E-state index contributed by atoms with van der Waals surface area (Å²) in [5.74, 6) is 1.42. The molecule has 0 saturated carbocycles. The van der Waals surface area contributed by atoms with E-state index in [1.807, 2.05) is 19.1 Å². The van der Waals surface area contributed by atoms with Gasteiger partial charge in [0.15, 0.2) is 0 Å². The smallest absolute Gasteiger partial charge is 0.226 e. The predicted octanol–water partition coefficient (Wildman–Crippen LogP) is 3.24. The highest BCUT2D eigenvalue weighted by Gasteiger charge is 2.33. The van der Waals surface area contributed by atoms with Crippen LogP contribution in [0.4, 0.5) is 0 Å². The van der Waals surface area contributed by atoms with Gasteiger partial charge in [0.2, 0.25) is 15.9 Å². The predicted molar refractivity (Wildman–Crippen MR) is 105 cm³/mol. The molecular weight excluding hydrogens is 380 g/mol. The molecule has 0 aromatic carbocycles. The molecule has 2 aromatic heterocycles. The summed E-state index contributed by atoms with van der Waals surface area (Å²) in [7, 11) is -3.22. The molecule has 0 radical (unpaired) electrons. The van der Waals surface area contributed by atoms with Crippen LogP contribution in [0.15, 0.2) is 45.6 Å². The molecule has 3 heterocycles. The molecule has 7 nitrogen and oxygen atoms in total. The fraction of sp³-hybridized carbons (Fsp3) is 0.550. The van der Waals surface area contributed by atoms with Crippen LogP contribution in [0.3, 0.4) is 0 Å². The van der Waals surface area contributed by atoms with Crippen molar-refractivity contribution in [3.05, 3.63) is 48.3 Å². The van der Waals surface area contributed by atoms with Gasteiger partial charge in [-0.15, -0.1) is 0 Å². The zero-order chi connectivity index (χ0) is 20.0.